The summed E-state index contributed by atoms with van der Waals surface area (Å²) >= 11 is 1.49. The molecule has 0 spiro atoms. The first-order chi connectivity index (χ1) is 26.6. The Kier molecular flexibility index (Phi) is 14.3. The number of thiophene rings is 1. The fraction of sp³-hybridized carbons (Fsp3) is 0.476. The molecule has 14 heteroatoms. The Morgan fingerprint density at radius 2 is 1.68 bits per heavy atom. The Balaban J connectivity index is 0.000000341. The zero-order valence-corrected chi connectivity index (χ0v) is 33.4. The van der Waals surface area contributed by atoms with E-state index in [9.17, 15) is 23.6 Å². The van der Waals surface area contributed by atoms with Crippen molar-refractivity contribution in [2.75, 3.05) is 32.8 Å². The van der Waals surface area contributed by atoms with E-state index in [2.05, 4.69) is 20.9 Å². The van der Waals surface area contributed by atoms with E-state index in [1.807, 2.05) is 18.3 Å². The van der Waals surface area contributed by atoms with Crippen molar-refractivity contribution in [1.82, 2.24) is 19.8 Å². The third-order valence-electron chi connectivity index (χ3n) is 9.48. The van der Waals surface area contributed by atoms with Crippen molar-refractivity contribution in [3.63, 3.8) is 0 Å². The first-order valence-corrected chi connectivity index (χ1v) is 19.8. The highest BCUT2D eigenvalue weighted by molar-refractivity contribution is 7.22. The van der Waals surface area contributed by atoms with Gasteiger partial charge < -0.3 is 24.6 Å². The second-order valence-corrected chi connectivity index (χ2v) is 16.8. The van der Waals surface area contributed by atoms with Gasteiger partial charge in [0.2, 0.25) is 5.91 Å². The molecule has 2 fully saturated rings. The first kappa shape index (κ1) is 42.4. The van der Waals surface area contributed by atoms with Crippen LogP contribution in [0.4, 0.5) is 4.39 Å². The maximum atomic E-state index is 14.9. The number of fused-ring (bicyclic) bond motifs is 1. The summed E-state index contributed by atoms with van der Waals surface area (Å²) in [6.07, 6.45) is 6.51. The van der Waals surface area contributed by atoms with Crippen LogP contribution in [0.2, 0.25) is 0 Å². The molecule has 1 saturated carbocycles. The molecule has 300 valence electrons. The number of carbonyl (C=O) groups is 4. The zero-order valence-electron chi connectivity index (χ0n) is 32.6. The molecule has 1 atom stereocenters. The Hall–Kier alpha value is -4.79. The average Bonchev–Trinajstić information content (AvgIpc) is 3.84. The average molecular weight is 791 g/mol. The van der Waals surface area contributed by atoms with Crippen LogP contribution in [-0.4, -0.2) is 92.0 Å². The summed E-state index contributed by atoms with van der Waals surface area (Å²) < 4.78 is 26.8. The van der Waals surface area contributed by atoms with Crippen molar-refractivity contribution in [2.45, 2.75) is 78.9 Å². The molecule has 4 aromatic rings. The van der Waals surface area contributed by atoms with E-state index < -0.39 is 35.9 Å². The number of esters is 1. The number of carboxylic acid groups (broad SMARTS) is 1. The molecule has 2 N–H and O–H groups in total. The fourth-order valence-corrected chi connectivity index (χ4v) is 7.31. The molecule has 1 aliphatic carbocycles. The molecule has 3 aromatic heterocycles. The number of carboxylic acids is 1. The van der Waals surface area contributed by atoms with Gasteiger partial charge in [0.1, 0.15) is 23.7 Å². The van der Waals surface area contributed by atoms with Crippen molar-refractivity contribution < 1.29 is 43.3 Å². The van der Waals surface area contributed by atoms with Gasteiger partial charge in [0.15, 0.2) is 11.6 Å². The van der Waals surface area contributed by atoms with Crippen LogP contribution < -0.4 is 4.74 Å². The molecule has 6 rings (SSSR count). The predicted molar refractivity (Wildman–Crippen MR) is 211 cm³/mol. The smallest absolute Gasteiger partial charge is 0.307 e. The molecule has 0 unspecified atom stereocenters. The molecule has 1 amide bonds. The molecule has 1 aliphatic heterocycles. The van der Waals surface area contributed by atoms with Gasteiger partial charge in [-0.2, -0.15) is 0 Å². The SMILES string of the molecule is CC(C)[C@H](CC(=O)OC(C)(C)C)C(=O)O.O=C(Cc1ccc(Oc2ccnc3cc(-c4ccc(CN5CCN(C(=O)CO)CC5)cn4)sc23)c(F)c1)CC1CC1. The minimum Gasteiger partial charge on any atom is -0.481 e. The summed E-state index contributed by atoms with van der Waals surface area (Å²) in [5.41, 5.74) is 2.73. The van der Waals surface area contributed by atoms with Gasteiger partial charge in [-0.1, -0.05) is 26.0 Å². The van der Waals surface area contributed by atoms with Crippen LogP contribution in [0.1, 0.15) is 71.4 Å². The standard InChI is InChI=1S/C31H31FN4O4S.C11H20O4/c32-24-15-21(14-23(38)13-20-1-2-20)4-6-27(24)40-28-7-8-33-26-16-29(41-31(26)28)25-5-3-22(17-34-25)18-35-9-11-36(12-10-35)30(39)19-37;1-7(2)8(10(13)14)6-9(12)15-11(3,4)5/h3-8,15-17,20,37H,1-2,9-14,18-19H2;7-8H,6H2,1-5H3,(H,13,14)/t;8-/m.0/s1. The molecule has 0 radical (unpaired) electrons. The Labute approximate surface area is 330 Å². The largest absolute Gasteiger partial charge is 0.481 e. The van der Waals surface area contributed by atoms with Crippen molar-refractivity contribution in [2.24, 2.45) is 17.8 Å². The van der Waals surface area contributed by atoms with Crippen molar-refractivity contribution >= 4 is 45.2 Å². The maximum Gasteiger partial charge on any atom is 0.307 e. The number of Topliss-reactive ketones (excluding diaryl/α,β-unsaturated/α-hetero) is 1. The van der Waals surface area contributed by atoms with Crippen LogP contribution in [0.15, 0.2) is 54.9 Å². The number of piperazine rings is 1. The van der Waals surface area contributed by atoms with E-state index in [0.29, 0.717) is 36.7 Å². The van der Waals surface area contributed by atoms with Gasteiger partial charge in [0, 0.05) is 64.0 Å². The lowest BCUT2D eigenvalue weighted by atomic mass is 9.93. The van der Waals surface area contributed by atoms with E-state index in [1.165, 1.54) is 17.4 Å². The fourth-order valence-electron chi connectivity index (χ4n) is 6.27. The van der Waals surface area contributed by atoms with Gasteiger partial charge in [0.05, 0.1) is 33.1 Å². The number of rotatable bonds is 14. The van der Waals surface area contributed by atoms with E-state index >= 15 is 0 Å². The zero-order chi connectivity index (χ0) is 40.6. The number of hydrogen-bond donors (Lipinski definition) is 2. The summed E-state index contributed by atoms with van der Waals surface area (Å²) in [6, 6.07) is 12.4. The van der Waals surface area contributed by atoms with Gasteiger partial charge in [-0.25, -0.2) is 4.39 Å². The molecule has 2 aliphatic rings. The van der Waals surface area contributed by atoms with Crippen LogP contribution in [0.25, 0.3) is 20.8 Å². The van der Waals surface area contributed by atoms with Gasteiger partial charge in [-0.05, 0) is 80.8 Å². The number of nitrogens with zero attached hydrogens (tertiary/aromatic N) is 4. The van der Waals surface area contributed by atoms with Crippen LogP contribution in [-0.2, 0) is 36.9 Å². The number of aliphatic hydroxyl groups excluding tert-OH is 1. The van der Waals surface area contributed by atoms with E-state index in [0.717, 1.165) is 58.8 Å². The van der Waals surface area contributed by atoms with Gasteiger partial charge >= 0.3 is 11.9 Å². The van der Waals surface area contributed by atoms with Crippen LogP contribution in [0.3, 0.4) is 0 Å². The molecular weight excluding hydrogens is 740 g/mol. The summed E-state index contributed by atoms with van der Waals surface area (Å²) in [6.45, 7) is 11.9. The Morgan fingerprint density at radius 3 is 2.27 bits per heavy atom. The molecule has 0 bridgehead atoms. The number of aliphatic hydroxyl groups is 1. The number of aromatic nitrogens is 2. The number of amides is 1. The number of carbonyl (C=O) groups excluding carboxylic acids is 3. The molecule has 4 heterocycles. The highest BCUT2D eigenvalue weighted by atomic mass is 32.1. The number of pyridine rings is 2. The second-order valence-electron chi connectivity index (χ2n) is 15.7. The lowest BCUT2D eigenvalue weighted by Crippen LogP contribution is -2.49. The van der Waals surface area contributed by atoms with Gasteiger partial charge in [-0.3, -0.25) is 34.0 Å². The highest BCUT2D eigenvalue weighted by Crippen LogP contribution is 2.39. The second kappa shape index (κ2) is 18.9. The molecular formula is C42H51FN4O8S. The van der Waals surface area contributed by atoms with Gasteiger partial charge in [0.25, 0.3) is 0 Å². The van der Waals surface area contributed by atoms with Crippen LogP contribution in [0, 0.1) is 23.6 Å². The topological polar surface area (TPSA) is 159 Å². The molecule has 1 saturated heterocycles. The summed E-state index contributed by atoms with van der Waals surface area (Å²) in [7, 11) is 0. The summed E-state index contributed by atoms with van der Waals surface area (Å²) in [4.78, 5) is 60.1. The minimum atomic E-state index is -0.948. The maximum absolute atomic E-state index is 14.9. The predicted octanol–water partition coefficient (Wildman–Crippen LogP) is 6.91. The third-order valence-corrected chi connectivity index (χ3v) is 10.6. The first-order valence-electron chi connectivity index (χ1n) is 19.0. The number of halogens is 1. The normalized spacial score (nSPS) is 15.2. The lowest BCUT2D eigenvalue weighted by molar-refractivity contribution is -0.160. The van der Waals surface area contributed by atoms with Crippen molar-refractivity contribution in [1.29, 1.82) is 0 Å². The third kappa shape index (κ3) is 12.4. The summed E-state index contributed by atoms with van der Waals surface area (Å²) in [5.74, 6) is -1.58. The Morgan fingerprint density at radius 1 is 0.964 bits per heavy atom. The minimum absolute atomic E-state index is 0.0652. The van der Waals surface area contributed by atoms with E-state index in [4.69, 9.17) is 19.7 Å². The molecule has 56 heavy (non-hydrogen) atoms. The monoisotopic (exact) mass is 790 g/mol. The van der Waals surface area contributed by atoms with Crippen molar-refractivity contribution in [3.8, 4) is 22.1 Å². The number of benzene rings is 1. The van der Waals surface area contributed by atoms with Gasteiger partial charge in [-0.15, -0.1) is 11.3 Å². The van der Waals surface area contributed by atoms with Crippen molar-refractivity contribution in [3.05, 3.63) is 71.8 Å². The van der Waals surface area contributed by atoms with Crippen LogP contribution >= 0.6 is 11.3 Å². The van der Waals surface area contributed by atoms with E-state index in [1.54, 1.807) is 63.9 Å². The number of aliphatic carboxylic acids is 1. The molecule has 1 aromatic carbocycles. The molecule has 12 nitrogen and oxygen atoms in total. The quantitative estimate of drug-likeness (QED) is 0.128. The van der Waals surface area contributed by atoms with E-state index in [-0.39, 0.29) is 36.2 Å². The van der Waals surface area contributed by atoms with Crippen LogP contribution in [0.5, 0.6) is 11.5 Å². The Bertz CT molecular complexity index is 2000. The highest BCUT2D eigenvalue weighted by Gasteiger charge is 2.28. The number of ether oxygens (including phenoxy) is 2. The number of ketones is 1. The lowest BCUT2D eigenvalue weighted by Gasteiger charge is -2.34. The number of hydrogen-bond acceptors (Lipinski definition) is 11. The summed E-state index contributed by atoms with van der Waals surface area (Å²) in [5, 5.41) is 17.9.